The molecule has 0 saturated carbocycles. The lowest BCUT2D eigenvalue weighted by molar-refractivity contribution is 0.748. The molecule has 0 unspecified atom stereocenters. The number of nitrogens with zero attached hydrogens (tertiary/aromatic N) is 3. The molecule has 1 aromatic carbocycles. The Morgan fingerprint density at radius 3 is 2.45 bits per heavy atom. The molecule has 20 heavy (non-hydrogen) atoms. The SMILES string of the molecule is CCCCN(c1ccccc1)c1ccc(CNC)nn1. The molecule has 0 amide bonds. The van der Waals surface area contributed by atoms with Gasteiger partial charge in [-0.05, 0) is 37.7 Å². The zero-order chi connectivity index (χ0) is 14.2. The summed E-state index contributed by atoms with van der Waals surface area (Å²) < 4.78 is 0. The summed E-state index contributed by atoms with van der Waals surface area (Å²) >= 11 is 0. The molecule has 0 aliphatic rings. The van der Waals surface area contributed by atoms with Crippen LogP contribution in [-0.2, 0) is 6.54 Å². The van der Waals surface area contributed by atoms with Crippen molar-refractivity contribution in [3.8, 4) is 0 Å². The Labute approximate surface area is 120 Å². The number of anilines is 2. The Kier molecular flexibility index (Phi) is 5.50. The molecule has 1 aromatic heterocycles. The Morgan fingerprint density at radius 1 is 1.05 bits per heavy atom. The Bertz CT molecular complexity index is 496. The van der Waals surface area contributed by atoms with Crippen molar-refractivity contribution in [1.82, 2.24) is 15.5 Å². The monoisotopic (exact) mass is 270 g/mol. The van der Waals surface area contributed by atoms with E-state index >= 15 is 0 Å². The van der Waals surface area contributed by atoms with Crippen LogP contribution in [0.1, 0.15) is 25.5 Å². The van der Waals surface area contributed by atoms with Gasteiger partial charge in [-0.1, -0.05) is 31.5 Å². The van der Waals surface area contributed by atoms with Crippen molar-refractivity contribution < 1.29 is 0 Å². The molecule has 0 radical (unpaired) electrons. The van der Waals surface area contributed by atoms with Crippen LogP contribution in [0.15, 0.2) is 42.5 Å². The molecular formula is C16H22N4. The number of hydrogen-bond acceptors (Lipinski definition) is 4. The smallest absolute Gasteiger partial charge is 0.155 e. The summed E-state index contributed by atoms with van der Waals surface area (Å²) in [5.41, 5.74) is 2.12. The van der Waals surface area contributed by atoms with Gasteiger partial charge in [-0.3, -0.25) is 0 Å². The maximum Gasteiger partial charge on any atom is 0.155 e. The van der Waals surface area contributed by atoms with Crippen LogP contribution in [0.3, 0.4) is 0 Å². The van der Waals surface area contributed by atoms with Gasteiger partial charge in [0.15, 0.2) is 5.82 Å². The van der Waals surface area contributed by atoms with Crippen molar-refractivity contribution >= 4 is 11.5 Å². The second-order valence-corrected chi connectivity index (χ2v) is 4.75. The molecule has 4 heteroatoms. The van der Waals surface area contributed by atoms with E-state index in [1.807, 2.05) is 25.2 Å². The predicted octanol–water partition coefficient (Wildman–Crippen LogP) is 3.13. The number of nitrogens with one attached hydrogen (secondary N) is 1. The Hall–Kier alpha value is -1.94. The standard InChI is InChI=1S/C16H22N4/c1-3-4-12-20(15-8-6-5-7-9-15)16-11-10-14(13-17-2)18-19-16/h5-11,17H,3-4,12-13H2,1-2H3. The first kappa shape index (κ1) is 14.5. The van der Waals surface area contributed by atoms with Crippen LogP contribution in [-0.4, -0.2) is 23.8 Å². The summed E-state index contributed by atoms with van der Waals surface area (Å²) in [6.07, 6.45) is 2.30. The topological polar surface area (TPSA) is 41.0 Å². The van der Waals surface area contributed by atoms with Crippen molar-refractivity contribution in [1.29, 1.82) is 0 Å². The fourth-order valence-corrected chi connectivity index (χ4v) is 2.07. The first-order valence-electron chi connectivity index (χ1n) is 7.15. The zero-order valence-electron chi connectivity index (χ0n) is 12.2. The van der Waals surface area contributed by atoms with E-state index in [2.05, 4.69) is 51.6 Å². The van der Waals surface area contributed by atoms with Gasteiger partial charge in [-0.2, -0.15) is 5.10 Å². The third kappa shape index (κ3) is 3.78. The van der Waals surface area contributed by atoms with E-state index in [0.29, 0.717) is 0 Å². The number of hydrogen-bond donors (Lipinski definition) is 1. The fourth-order valence-electron chi connectivity index (χ4n) is 2.07. The molecule has 0 aliphatic carbocycles. The highest BCUT2D eigenvalue weighted by molar-refractivity contribution is 5.59. The van der Waals surface area contributed by atoms with Crippen molar-refractivity contribution in [2.45, 2.75) is 26.3 Å². The third-order valence-corrected chi connectivity index (χ3v) is 3.14. The van der Waals surface area contributed by atoms with Crippen LogP contribution in [0.25, 0.3) is 0 Å². The molecule has 0 bridgehead atoms. The molecule has 1 N–H and O–H groups in total. The second-order valence-electron chi connectivity index (χ2n) is 4.75. The largest absolute Gasteiger partial charge is 0.325 e. The van der Waals surface area contributed by atoms with Crippen molar-refractivity contribution in [3.05, 3.63) is 48.2 Å². The van der Waals surface area contributed by atoms with Gasteiger partial charge < -0.3 is 10.2 Å². The number of benzene rings is 1. The summed E-state index contributed by atoms with van der Waals surface area (Å²) in [5.74, 6) is 0.907. The second kappa shape index (κ2) is 7.60. The van der Waals surface area contributed by atoms with E-state index in [-0.39, 0.29) is 0 Å². The van der Waals surface area contributed by atoms with E-state index in [1.54, 1.807) is 0 Å². The lowest BCUT2D eigenvalue weighted by Gasteiger charge is -2.23. The van der Waals surface area contributed by atoms with Crippen LogP contribution in [0.4, 0.5) is 11.5 Å². The van der Waals surface area contributed by atoms with E-state index < -0.39 is 0 Å². The van der Waals surface area contributed by atoms with E-state index in [9.17, 15) is 0 Å². The molecule has 2 rings (SSSR count). The minimum Gasteiger partial charge on any atom is -0.325 e. The summed E-state index contributed by atoms with van der Waals surface area (Å²) in [4.78, 5) is 2.22. The Morgan fingerprint density at radius 2 is 1.85 bits per heavy atom. The van der Waals surface area contributed by atoms with Gasteiger partial charge >= 0.3 is 0 Å². The average Bonchev–Trinajstić information content (AvgIpc) is 2.51. The highest BCUT2D eigenvalue weighted by Gasteiger charge is 2.10. The quantitative estimate of drug-likeness (QED) is 0.839. The van der Waals surface area contributed by atoms with Crippen molar-refractivity contribution in [3.63, 3.8) is 0 Å². The summed E-state index contributed by atoms with van der Waals surface area (Å²) in [7, 11) is 1.91. The van der Waals surface area contributed by atoms with Crippen molar-refractivity contribution in [2.75, 3.05) is 18.5 Å². The van der Waals surface area contributed by atoms with Crippen LogP contribution >= 0.6 is 0 Å². The Balaban J connectivity index is 2.22. The van der Waals surface area contributed by atoms with E-state index in [1.165, 1.54) is 0 Å². The molecule has 0 fully saturated rings. The number of para-hydroxylation sites is 1. The van der Waals surface area contributed by atoms with Gasteiger partial charge in [0.25, 0.3) is 0 Å². The van der Waals surface area contributed by atoms with Gasteiger partial charge in [0.05, 0.1) is 5.69 Å². The van der Waals surface area contributed by atoms with Gasteiger partial charge in [0, 0.05) is 18.8 Å². The lowest BCUT2D eigenvalue weighted by atomic mass is 10.2. The zero-order valence-corrected chi connectivity index (χ0v) is 12.2. The highest BCUT2D eigenvalue weighted by atomic mass is 15.3. The number of rotatable bonds is 7. The summed E-state index contributed by atoms with van der Waals surface area (Å²) in [6, 6.07) is 14.4. The van der Waals surface area contributed by atoms with Crippen LogP contribution in [0.5, 0.6) is 0 Å². The fraction of sp³-hybridized carbons (Fsp3) is 0.375. The first-order chi connectivity index (χ1) is 9.85. The molecule has 0 aliphatic heterocycles. The number of unbranched alkanes of at least 4 members (excludes halogenated alkanes) is 1. The summed E-state index contributed by atoms with van der Waals surface area (Å²) in [6.45, 7) is 3.90. The van der Waals surface area contributed by atoms with Crippen LogP contribution < -0.4 is 10.2 Å². The molecule has 2 aromatic rings. The molecule has 0 spiro atoms. The minimum absolute atomic E-state index is 0.744. The normalized spacial score (nSPS) is 10.5. The summed E-state index contributed by atoms with van der Waals surface area (Å²) in [5, 5.41) is 11.7. The minimum atomic E-state index is 0.744. The molecule has 106 valence electrons. The molecule has 0 atom stereocenters. The number of aromatic nitrogens is 2. The molecule has 0 saturated heterocycles. The maximum atomic E-state index is 4.36. The van der Waals surface area contributed by atoms with Crippen LogP contribution in [0, 0.1) is 0 Å². The van der Waals surface area contributed by atoms with E-state index in [4.69, 9.17) is 0 Å². The molecular weight excluding hydrogens is 248 g/mol. The maximum absolute atomic E-state index is 4.36. The molecule has 4 nitrogen and oxygen atoms in total. The average molecular weight is 270 g/mol. The molecule has 1 heterocycles. The van der Waals surface area contributed by atoms with E-state index in [0.717, 1.165) is 43.1 Å². The third-order valence-electron chi connectivity index (χ3n) is 3.14. The van der Waals surface area contributed by atoms with Gasteiger partial charge in [-0.25, -0.2) is 0 Å². The van der Waals surface area contributed by atoms with Crippen LogP contribution in [0.2, 0.25) is 0 Å². The predicted molar refractivity (Wildman–Crippen MR) is 83.2 cm³/mol. The van der Waals surface area contributed by atoms with Gasteiger partial charge in [-0.15, -0.1) is 5.10 Å². The van der Waals surface area contributed by atoms with Crippen molar-refractivity contribution in [2.24, 2.45) is 0 Å². The van der Waals surface area contributed by atoms with Gasteiger partial charge in [0.2, 0.25) is 0 Å². The van der Waals surface area contributed by atoms with Gasteiger partial charge in [0.1, 0.15) is 0 Å². The lowest BCUT2D eigenvalue weighted by Crippen LogP contribution is -2.20. The highest BCUT2D eigenvalue weighted by Crippen LogP contribution is 2.23. The first-order valence-corrected chi connectivity index (χ1v) is 7.15.